The zero-order chi connectivity index (χ0) is 52.1. The lowest BCUT2D eigenvalue weighted by Crippen LogP contribution is -2.63. The SMILES string of the molecule is Cc1ccc2c(oc3c(-c4cc5c6c(c4)N4c7ccc(C(C)(C)C)cc7C(C)(C)c7cc(C(C)(C)C)cc(c74)B6c4cc(C(C)(C)C)cc6c4N5c4ccc(C(C)(C)C)cc4S6)cccc32)c1-c1cccc[n+]1C. The summed E-state index contributed by atoms with van der Waals surface area (Å²) in [4.78, 5) is 7.98. The van der Waals surface area contributed by atoms with Gasteiger partial charge in [0.1, 0.15) is 18.2 Å². The number of rotatable bonds is 2. The van der Waals surface area contributed by atoms with E-state index in [1.165, 1.54) is 99.2 Å². The van der Waals surface area contributed by atoms with Gasteiger partial charge in [0.25, 0.3) is 6.71 Å². The van der Waals surface area contributed by atoms with Crippen LogP contribution in [-0.4, -0.2) is 6.71 Å². The number of furan rings is 1. The predicted molar refractivity (Wildman–Crippen MR) is 316 cm³/mol. The maximum atomic E-state index is 7.37. The minimum Gasteiger partial charge on any atom is -0.454 e. The molecule has 0 spiro atoms. The highest BCUT2D eigenvalue weighted by Gasteiger charge is 2.51. The lowest BCUT2D eigenvalue weighted by molar-refractivity contribution is -0.660. The highest BCUT2D eigenvalue weighted by Crippen LogP contribution is 2.59. The van der Waals surface area contributed by atoms with E-state index < -0.39 is 0 Å². The van der Waals surface area contributed by atoms with E-state index in [1.54, 1.807) is 0 Å². The van der Waals surface area contributed by atoms with Crippen LogP contribution >= 0.6 is 11.8 Å². The Morgan fingerprint density at radius 2 is 1.11 bits per heavy atom. The molecule has 4 nitrogen and oxygen atoms in total. The van der Waals surface area contributed by atoms with Gasteiger partial charge in [-0.25, -0.2) is 4.57 Å². The number of aromatic nitrogens is 1. The van der Waals surface area contributed by atoms with Gasteiger partial charge in [-0.3, -0.25) is 0 Å². The molecule has 0 atom stereocenters. The molecule has 0 saturated carbocycles. The average Bonchev–Trinajstić information content (AvgIpc) is 3.78. The fourth-order valence-corrected chi connectivity index (χ4v) is 14.0. The van der Waals surface area contributed by atoms with Crippen molar-refractivity contribution in [3.63, 3.8) is 0 Å². The molecule has 13 rings (SSSR count). The lowest BCUT2D eigenvalue weighted by Gasteiger charge is -2.51. The molecule has 2 aromatic heterocycles. The second kappa shape index (κ2) is 15.3. The monoisotopic (exact) mass is 987 g/mol. The Balaban J connectivity index is 1.19. The first-order valence-electron chi connectivity index (χ1n) is 26.8. The van der Waals surface area contributed by atoms with Gasteiger partial charge in [-0.1, -0.05) is 175 Å². The van der Waals surface area contributed by atoms with E-state index in [4.69, 9.17) is 4.42 Å². The molecule has 4 aliphatic heterocycles. The van der Waals surface area contributed by atoms with Crippen molar-refractivity contribution in [1.82, 2.24) is 0 Å². The fraction of sp³-hybridized carbons (Fsp3) is 0.309. The quantitative estimate of drug-likeness (QED) is 0.127. The Morgan fingerprint density at radius 3 is 1.77 bits per heavy atom. The number of benzene rings is 7. The van der Waals surface area contributed by atoms with E-state index in [9.17, 15) is 0 Å². The largest absolute Gasteiger partial charge is 0.454 e. The van der Waals surface area contributed by atoms with Gasteiger partial charge in [-0.15, -0.1) is 0 Å². The van der Waals surface area contributed by atoms with Crippen molar-refractivity contribution in [2.45, 2.75) is 141 Å². The van der Waals surface area contributed by atoms with Crippen LogP contribution < -0.4 is 30.8 Å². The summed E-state index contributed by atoms with van der Waals surface area (Å²) in [6, 6.07) is 47.7. The molecule has 0 N–H and O–H groups in total. The molecule has 0 radical (unpaired) electrons. The van der Waals surface area contributed by atoms with Crippen molar-refractivity contribution in [3.05, 3.63) is 166 Å². The first-order valence-corrected chi connectivity index (χ1v) is 27.7. The molecule has 370 valence electrons. The van der Waals surface area contributed by atoms with Crippen molar-refractivity contribution in [2.75, 3.05) is 9.80 Å². The molecule has 0 saturated heterocycles. The summed E-state index contributed by atoms with van der Waals surface area (Å²) in [5.74, 6) is 0. The van der Waals surface area contributed by atoms with Crippen LogP contribution in [-0.2, 0) is 34.1 Å². The summed E-state index contributed by atoms with van der Waals surface area (Å²) in [5, 5.41) is 2.26. The van der Waals surface area contributed by atoms with Gasteiger partial charge in [0.05, 0.1) is 22.6 Å². The Labute approximate surface area is 443 Å². The number of aryl methyl sites for hydroxylation is 2. The van der Waals surface area contributed by atoms with Crippen LogP contribution in [0.3, 0.4) is 0 Å². The summed E-state index contributed by atoms with van der Waals surface area (Å²) < 4.78 is 9.57. The highest BCUT2D eigenvalue weighted by atomic mass is 32.2. The number of anilines is 6. The molecular weight excluding hydrogens is 918 g/mol. The number of nitrogens with zero attached hydrogens (tertiary/aromatic N) is 3. The van der Waals surface area contributed by atoms with Gasteiger partial charge < -0.3 is 14.2 Å². The molecule has 0 aliphatic carbocycles. The maximum absolute atomic E-state index is 7.37. The summed E-state index contributed by atoms with van der Waals surface area (Å²) in [7, 11) is 2.12. The molecule has 6 heterocycles. The van der Waals surface area contributed by atoms with Crippen molar-refractivity contribution in [3.8, 4) is 22.4 Å². The van der Waals surface area contributed by atoms with Crippen LogP contribution in [0.15, 0.2) is 142 Å². The standard InChI is InChI=1S/C68H69BN3OS/c1-38-23-26-46-45-21-19-20-44(62(45)73-63(46)58(38)53-22-17-18-29-70(53)16)39-30-54-59-55(31-39)72-52-28-25-41(65(5,6)7)36-56(52)74-57-37-43(67(11,12)13)35-50(61(57)72)69(59)49-34-42(66(8,9)10)33-48-60(49)71(54)51-27-24-40(64(2,3)4)32-47(51)68(48,14)15/h17-37H,1-16H3/q+1. The molecule has 6 heteroatoms. The zero-order valence-electron chi connectivity index (χ0n) is 46.4. The second-order valence-electron chi connectivity index (χ2n) is 26.7. The maximum Gasteiger partial charge on any atom is 0.252 e. The van der Waals surface area contributed by atoms with Gasteiger partial charge >= 0.3 is 0 Å². The van der Waals surface area contributed by atoms with Crippen molar-refractivity contribution in [2.24, 2.45) is 7.05 Å². The summed E-state index contributed by atoms with van der Waals surface area (Å²) in [5.41, 5.74) is 27.0. The summed E-state index contributed by atoms with van der Waals surface area (Å²) in [6.07, 6.45) is 2.12. The number of hydrogen-bond acceptors (Lipinski definition) is 4. The van der Waals surface area contributed by atoms with Crippen LogP contribution in [0.4, 0.5) is 34.1 Å². The van der Waals surface area contributed by atoms with Crippen LogP contribution in [0.5, 0.6) is 0 Å². The van der Waals surface area contributed by atoms with Crippen molar-refractivity contribution in [1.29, 1.82) is 0 Å². The van der Waals surface area contributed by atoms with Gasteiger partial charge in [-0.05, 0) is 132 Å². The van der Waals surface area contributed by atoms with Crippen LogP contribution in [0.1, 0.15) is 136 Å². The predicted octanol–water partition coefficient (Wildman–Crippen LogP) is 16.4. The Bertz CT molecular complexity index is 3940. The van der Waals surface area contributed by atoms with Crippen LogP contribution in [0, 0.1) is 6.92 Å². The molecule has 4 aliphatic rings. The Morgan fingerprint density at radius 1 is 0.527 bits per heavy atom. The Hall–Kier alpha value is -6.50. The van der Waals surface area contributed by atoms with Gasteiger partial charge in [0, 0.05) is 60.7 Å². The topological polar surface area (TPSA) is 23.5 Å². The van der Waals surface area contributed by atoms with E-state index in [2.05, 4.69) is 253 Å². The number of fused-ring (bicyclic) bond motifs is 11. The number of para-hydroxylation sites is 1. The summed E-state index contributed by atoms with van der Waals surface area (Å²) >= 11 is 1.96. The smallest absolute Gasteiger partial charge is 0.252 e. The molecule has 0 amide bonds. The second-order valence-corrected chi connectivity index (χ2v) is 27.7. The zero-order valence-corrected chi connectivity index (χ0v) is 47.2. The third-order valence-corrected chi connectivity index (χ3v) is 18.3. The molecule has 74 heavy (non-hydrogen) atoms. The molecule has 9 aromatic rings. The lowest BCUT2D eigenvalue weighted by atomic mass is 9.32. The normalized spacial score (nSPS) is 15.3. The molecule has 7 aromatic carbocycles. The molecule has 0 bridgehead atoms. The van der Waals surface area contributed by atoms with Crippen molar-refractivity contribution < 1.29 is 8.98 Å². The van der Waals surface area contributed by atoms with Crippen LogP contribution in [0.25, 0.3) is 44.3 Å². The molecule has 0 fully saturated rings. The van der Waals surface area contributed by atoms with E-state index in [1.807, 2.05) is 11.8 Å². The fourth-order valence-electron chi connectivity index (χ4n) is 12.8. The average molecular weight is 987 g/mol. The van der Waals surface area contributed by atoms with E-state index >= 15 is 0 Å². The van der Waals surface area contributed by atoms with E-state index in [0.29, 0.717) is 0 Å². The molecular formula is C68H69BN3OS+. The minimum absolute atomic E-state index is 0.00358. The highest BCUT2D eigenvalue weighted by molar-refractivity contribution is 7.99. The van der Waals surface area contributed by atoms with Gasteiger partial charge in [0.2, 0.25) is 5.69 Å². The Kier molecular flexibility index (Phi) is 9.78. The third-order valence-electron chi connectivity index (χ3n) is 17.2. The van der Waals surface area contributed by atoms with Gasteiger partial charge in [-0.2, -0.15) is 0 Å². The number of hydrogen-bond donors (Lipinski definition) is 0. The first-order chi connectivity index (χ1) is 34.8. The first kappa shape index (κ1) is 47.2. The van der Waals surface area contributed by atoms with E-state index in [-0.39, 0.29) is 33.8 Å². The van der Waals surface area contributed by atoms with Gasteiger partial charge in [0.15, 0.2) is 6.20 Å². The van der Waals surface area contributed by atoms with Crippen molar-refractivity contribution >= 4 is 90.9 Å². The van der Waals surface area contributed by atoms with E-state index in [0.717, 1.165) is 44.3 Å². The summed E-state index contributed by atoms with van der Waals surface area (Å²) in [6.45, 7) is 35.5. The van der Waals surface area contributed by atoms with Crippen LogP contribution in [0.2, 0.25) is 0 Å². The molecule has 0 unspecified atom stereocenters. The minimum atomic E-state index is -0.283. The third kappa shape index (κ3) is 6.71. The number of pyridine rings is 1.